The molecule has 0 saturated carbocycles. The van der Waals surface area contributed by atoms with Crippen molar-refractivity contribution in [2.45, 2.75) is 57.9 Å². The molecule has 0 aliphatic carbocycles. The van der Waals surface area contributed by atoms with Crippen LogP contribution in [0, 0.1) is 0 Å². The van der Waals surface area contributed by atoms with Gasteiger partial charge in [-0.1, -0.05) is 32.3 Å². The van der Waals surface area contributed by atoms with Gasteiger partial charge in [0.05, 0.1) is 6.61 Å². The molecule has 0 saturated heterocycles. The molecule has 0 heterocycles. The second kappa shape index (κ2) is 15.7. The van der Waals surface area contributed by atoms with Gasteiger partial charge in [0.1, 0.15) is 5.75 Å². The number of carboxylic acids is 1. The van der Waals surface area contributed by atoms with Gasteiger partial charge in [-0.3, -0.25) is 0 Å². The number of hydrogen-bond acceptors (Lipinski definition) is 4. The molecule has 7 nitrogen and oxygen atoms in total. The quantitative estimate of drug-likeness (QED) is 0.229. The Kier molecular flexibility index (Phi) is 13.8. The molecule has 1 atom stereocenters. The van der Waals surface area contributed by atoms with Gasteiger partial charge in [0.15, 0.2) is 0 Å². The van der Waals surface area contributed by atoms with E-state index in [2.05, 4.69) is 37.6 Å². The van der Waals surface area contributed by atoms with E-state index in [9.17, 15) is 9.59 Å². The van der Waals surface area contributed by atoms with E-state index in [0.717, 1.165) is 43.5 Å². The van der Waals surface area contributed by atoms with Gasteiger partial charge < -0.3 is 4.74 Å². The number of ether oxygens (including phenoxy) is 2. The average Bonchev–Trinajstić information content (AvgIpc) is 2.69. The molecule has 0 aromatic heterocycles. The third-order valence-electron chi connectivity index (χ3n) is 4.81. The molecule has 0 radical (unpaired) electrons. The summed E-state index contributed by atoms with van der Waals surface area (Å²) in [5.74, 6) is 0.716. The van der Waals surface area contributed by atoms with Crippen LogP contribution in [0.5, 0.6) is 11.5 Å². The summed E-state index contributed by atoms with van der Waals surface area (Å²) >= 11 is 0. The number of hydrogen-bond donors (Lipinski definition) is 3. The van der Waals surface area contributed by atoms with Crippen LogP contribution in [0.3, 0.4) is 0 Å². The van der Waals surface area contributed by atoms with Gasteiger partial charge in [-0.2, -0.15) is 0 Å². The van der Waals surface area contributed by atoms with Gasteiger partial charge in [-0.25, -0.2) is 0 Å². The fraction of sp³-hybridized carbons (Fsp3) is 0.667. The molecule has 0 unspecified atom stereocenters. The van der Waals surface area contributed by atoms with E-state index in [4.69, 9.17) is 14.6 Å². The number of aliphatic carboxylic acids is 1. The molecule has 0 bridgehead atoms. The number of carboxylic acid groups (broad SMARTS) is 1. The summed E-state index contributed by atoms with van der Waals surface area (Å²) in [6.07, 6.45) is 6.98. The van der Waals surface area contributed by atoms with Crippen molar-refractivity contribution in [2.75, 3.05) is 45.9 Å². The van der Waals surface area contributed by atoms with Crippen LogP contribution in [-0.4, -0.2) is 69.1 Å². The predicted octanol–water partition coefficient (Wildman–Crippen LogP) is 4.59. The van der Waals surface area contributed by atoms with E-state index in [1.165, 1.54) is 19.3 Å². The Morgan fingerprint density at radius 2 is 1.62 bits per heavy atom. The molecule has 2 amide bonds. The van der Waals surface area contributed by atoms with Crippen LogP contribution in [0.1, 0.15) is 51.9 Å². The molecule has 0 aliphatic rings. The summed E-state index contributed by atoms with van der Waals surface area (Å²) in [6.45, 7) is 10.5. The van der Waals surface area contributed by atoms with Gasteiger partial charge in [0.2, 0.25) is 0 Å². The fourth-order valence-electron chi connectivity index (χ4n) is 3.35. The van der Waals surface area contributed by atoms with Crippen molar-refractivity contribution < 1.29 is 24.2 Å². The van der Waals surface area contributed by atoms with Crippen LogP contribution >= 0.6 is 7.26 Å². The van der Waals surface area contributed by atoms with E-state index >= 15 is 0 Å². The van der Waals surface area contributed by atoms with Crippen molar-refractivity contribution in [3.8, 4) is 11.5 Å². The number of carbonyl (C=O) groups excluding carboxylic acids is 1. The summed E-state index contributed by atoms with van der Waals surface area (Å²) in [4.78, 5) is 23.2. The van der Waals surface area contributed by atoms with Crippen molar-refractivity contribution in [3.63, 3.8) is 0 Å². The minimum atomic E-state index is -1.48. The molecule has 3 N–H and O–H groups in total. The summed E-state index contributed by atoms with van der Waals surface area (Å²) in [5.41, 5.74) is 0. The fourth-order valence-corrected chi connectivity index (χ4v) is 5.08. The summed E-state index contributed by atoms with van der Waals surface area (Å²) in [5, 5.41) is 14.7. The van der Waals surface area contributed by atoms with E-state index in [1.54, 1.807) is 0 Å². The van der Waals surface area contributed by atoms with Crippen LogP contribution in [0.2, 0.25) is 0 Å². The number of carbonyl (C=O) groups is 2. The van der Waals surface area contributed by atoms with Gasteiger partial charge in [-0.05, 0) is 12.5 Å². The van der Waals surface area contributed by atoms with Crippen LogP contribution in [0.15, 0.2) is 24.3 Å². The van der Waals surface area contributed by atoms with Crippen molar-refractivity contribution in [1.29, 1.82) is 0 Å². The Morgan fingerprint density at radius 3 is 2.19 bits per heavy atom. The first kappa shape index (κ1) is 28.0. The van der Waals surface area contributed by atoms with Crippen LogP contribution < -0.4 is 20.1 Å². The van der Waals surface area contributed by atoms with Gasteiger partial charge in [-0.15, -0.1) is 0 Å². The van der Waals surface area contributed by atoms with Gasteiger partial charge in [0, 0.05) is 0 Å². The summed E-state index contributed by atoms with van der Waals surface area (Å²) < 4.78 is 11.6. The zero-order chi connectivity index (χ0) is 23.8. The zero-order valence-corrected chi connectivity index (χ0v) is 21.2. The second-order valence-corrected chi connectivity index (χ2v) is 14.9. The monoisotopic (exact) mass is 470 g/mol. The van der Waals surface area contributed by atoms with Crippen molar-refractivity contribution in [1.82, 2.24) is 10.6 Å². The molecule has 8 heteroatoms. The van der Waals surface area contributed by atoms with Crippen molar-refractivity contribution in [3.05, 3.63) is 24.3 Å². The Hall–Kier alpha value is -2.01. The molecule has 1 rings (SSSR count). The van der Waals surface area contributed by atoms with E-state index in [1.807, 2.05) is 24.3 Å². The van der Waals surface area contributed by atoms with Gasteiger partial charge >= 0.3 is 132 Å². The number of urea groups is 1. The van der Waals surface area contributed by atoms with E-state index in [-0.39, 0.29) is 18.5 Å². The Morgan fingerprint density at radius 1 is 1.00 bits per heavy atom. The van der Waals surface area contributed by atoms with E-state index in [0.29, 0.717) is 13.2 Å². The number of benzene rings is 1. The van der Waals surface area contributed by atoms with Gasteiger partial charge in [0.25, 0.3) is 0 Å². The Labute approximate surface area is 194 Å². The molecule has 1 aromatic rings. The maximum absolute atomic E-state index is 12.1. The minimum absolute atomic E-state index is 0.0486. The summed E-state index contributed by atoms with van der Waals surface area (Å²) in [6, 6.07) is 7.05. The molecule has 0 fully saturated rings. The van der Waals surface area contributed by atoms with Crippen LogP contribution in [0.4, 0.5) is 4.79 Å². The van der Waals surface area contributed by atoms with Crippen LogP contribution in [0.25, 0.3) is 0 Å². The molecule has 0 aliphatic heterocycles. The average molecular weight is 471 g/mol. The standard InChI is InChI=1S/C24H43N2O5P/c1-5-6-7-9-15-30-21-12-11-13-22(18-21)31-16-10-8-14-25-24(29)26-20(17-23(27)28)19-32(2,3)4/h11-13,18,20,32H,5-10,14-17,19H2,1-4H3,(H,27,28)(H2,25,26,29)/t20-/m1/s1. The third-order valence-corrected chi connectivity index (χ3v) is 6.53. The second-order valence-electron chi connectivity index (χ2n) is 9.40. The first-order valence-electron chi connectivity index (χ1n) is 11.8. The first-order chi connectivity index (χ1) is 15.2. The number of nitrogens with one attached hydrogen (secondary N) is 2. The predicted molar refractivity (Wildman–Crippen MR) is 134 cm³/mol. The molecule has 0 spiro atoms. The Balaban J connectivity index is 2.22. The van der Waals surface area contributed by atoms with Crippen molar-refractivity contribution in [2.24, 2.45) is 0 Å². The zero-order valence-electron chi connectivity index (χ0n) is 20.2. The Bertz CT molecular complexity index is 679. The molecular weight excluding hydrogens is 427 g/mol. The van der Waals surface area contributed by atoms with E-state index < -0.39 is 13.2 Å². The summed E-state index contributed by atoms with van der Waals surface area (Å²) in [7, 11) is -1.48. The number of amides is 2. The molecular formula is C24H43N2O5P. The molecule has 184 valence electrons. The normalized spacial score (nSPS) is 12.6. The van der Waals surface area contributed by atoms with Crippen molar-refractivity contribution >= 4 is 19.3 Å². The maximum atomic E-state index is 12.1. The van der Waals surface area contributed by atoms with Crippen LogP contribution in [-0.2, 0) is 4.79 Å². The SMILES string of the molecule is CCCCCCOc1cccc(OCCCCNC(=O)N[C@H](CC(=O)O)C[PH](C)(C)C)c1. The molecule has 1 aromatic carbocycles. The third kappa shape index (κ3) is 14.9. The topological polar surface area (TPSA) is 96.9 Å². The molecule has 32 heavy (non-hydrogen) atoms. The number of unbranched alkanes of at least 4 members (excludes halogenated alkanes) is 4. The number of rotatable bonds is 17. The first-order valence-corrected chi connectivity index (χ1v) is 15.5.